The first-order valence-corrected chi connectivity index (χ1v) is 14.4. The van der Waals surface area contributed by atoms with E-state index in [9.17, 15) is 26.8 Å². The van der Waals surface area contributed by atoms with Crippen molar-refractivity contribution in [2.45, 2.75) is 71.0 Å². The number of nitrogens with zero attached hydrogens (tertiary/aromatic N) is 2. The molecule has 2 amide bonds. The lowest BCUT2D eigenvalue weighted by atomic mass is 9.95. The summed E-state index contributed by atoms with van der Waals surface area (Å²) in [6.45, 7) is 3.12. The quantitative estimate of drug-likeness (QED) is 0.492. The first-order valence-electron chi connectivity index (χ1n) is 12.6. The van der Waals surface area contributed by atoms with Gasteiger partial charge in [-0.15, -0.1) is 0 Å². The second-order valence-corrected chi connectivity index (χ2v) is 11.5. The summed E-state index contributed by atoms with van der Waals surface area (Å²) in [6.07, 6.45) is 6.17. The standard InChI is InChI=1S/C27H35F2N3O4S/c1-4-25(27(34)30-21-12-6-5-7-13-21)31(17-20-11-9-8-10-19(20)2)26(33)18-32(37(3,35)36)22-14-15-23(28)24(29)16-22/h8-11,14-16,21,25H,4-7,12-13,17-18H2,1-3H3,(H,30,34)/t25-/m1/s1. The van der Waals surface area contributed by atoms with Gasteiger partial charge in [0, 0.05) is 18.7 Å². The molecular weight excluding hydrogens is 500 g/mol. The summed E-state index contributed by atoms with van der Waals surface area (Å²) in [7, 11) is -4.04. The Balaban J connectivity index is 1.93. The van der Waals surface area contributed by atoms with Crippen molar-refractivity contribution in [3.05, 3.63) is 65.2 Å². The van der Waals surface area contributed by atoms with Gasteiger partial charge < -0.3 is 10.2 Å². The van der Waals surface area contributed by atoms with Crippen molar-refractivity contribution in [1.82, 2.24) is 10.2 Å². The summed E-state index contributed by atoms with van der Waals surface area (Å²) in [6, 6.07) is 9.31. The van der Waals surface area contributed by atoms with E-state index in [1.807, 2.05) is 31.2 Å². The van der Waals surface area contributed by atoms with Crippen LogP contribution in [0.2, 0.25) is 0 Å². The Morgan fingerprint density at radius 3 is 2.32 bits per heavy atom. The Labute approximate surface area is 217 Å². The third-order valence-corrected chi connectivity index (χ3v) is 7.95. The van der Waals surface area contributed by atoms with Gasteiger partial charge in [-0.25, -0.2) is 17.2 Å². The number of nitrogens with one attached hydrogen (secondary N) is 1. The Morgan fingerprint density at radius 1 is 1.05 bits per heavy atom. The minimum atomic E-state index is -4.04. The molecular formula is C27H35F2N3O4S. The molecule has 0 radical (unpaired) electrons. The van der Waals surface area contributed by atoms with Crippen molar-refractivity contribution in [2.75, 3.05) is 17.1 Å². The lowest BCUT2D eigenvalue weighted by Gasteiger charge is -2.34. The van der Waals surface area contributed by atoms with Crippen molar-refractivity contribution in [3.63, 3.8) is 0 Å². The summed E-state index contributed by atoms with van der Waals surface area (Å²) >= 11 is 0. The lowest BCUT2D eigenvalue weighted by molar-refractivity contribution is -0.140. The highest BCUT2D eigenvalue weighted by atomic mass is 32.2. The van der Waals surface area contributed by atoms with Gasteiger partial charge >= 0.3 is 0 Å². The molecule has 1 atom stereocenters. The first kappa shape index (κ1) is 28.6. The molecule has 0 spiro atoms. The molecule has 2 aromatic rings. The predicted octanol–water partition coefficient (Wildman–Crippen LogP) is 4.30. The molecule has 0 aromatic heterocycles. The molecule has 202 valence electrons. The second-order valence-electron chi connectivity index (χ2n) is 9.58. The molecule has 0 heterocycles. The van der Waals surface area contributed by atoms with Crippen LogP contribution < -0.4 is 9.62 Å². The van der Waals surface area contributed by atoms with E-state index >= 15 is 0 Å². The molecule has 1 N–H and O–H groups in total. The molecule has 2 aromatic carbocycles. The Morgan fingerprint density at radius 2 is 1.73 bits per heavy atom. The van der Waals surface area contributed by atoms with Gasteiger partial charge in [-0.05, 0) is 49.4 Å². The van der Waals surface area contributed by atoms with E-state index in [0.717, 1.165) is 72.0 Å². The zero-order valence-corrected chi connectivity index (χ0v) is 22.4. The third kappa shape index (κ3) is 7.50. The number of benzene rings is 2. The molecule has 0 saturated heterocycles. The third-order valence-electron chi connectivity index (χ3n) is 6.81. The highest BCUT2D eigenvalue weighted by Crippen LogP contribution is 2.23. The Hall–Kier alpha value is -3.01. The normalized spacial score (nSPS) is 15.2. The number of anilines is 1. The van der Waals surface area contributed by atoms with E-state index in [4.69, 9.17) is 0 Å². The van der Waals surface area contributed by atoms with Crippen molar-refractivity contribution in [3.8, 4) is 0 Å². The second kappa shape index (κ2) is 12.5. The average Bonchev–Trinajstić information content (AvgIpc) is 2.85. The van der Waals surface area contributed by atoms with Gasteiger partial charge in [0.25, 0.3) is 0 Å². The van der Waals surface area contributed by atoms with Gasteiger partial charge in [0.2, 0.25) is 21.8 Å². The SMILES string of the molecule is CC[C@H](C(=O)NC1CCCCC1)N(Cc1ccccc1C)C(=O)CN(c1ccc(F)c(F)c1)S(C)(=O)=O. The van der Waals surface area contributed by atoms with E-state index in [2.05, 4.69) is 5.32 Å². The van der Waals surface area contributed by atoms with Crippen molar-refractivity contribution in [2.24, 2.45) is 0 Å². The number of carbonyl (C=O) groups is 2. The first-order chi connectivity index (χ1) is 17.5. The predicted molar refractivity (Wildman–Crippen MR) is 139 cm³/mol. The number of rotatable bonds is 10. The van der Waals surface area contributed by atoms with Crippen LogP contribution in [0.4, 0.5) is 14.5 Å². The zero-order valence-electron chi connectivity index (χ0n) is 21.5. The van der Waals surface area contributed by atoms with Crippen LogP contribution in [0.25, 0.3) is 0 Å². The summed E-state index contributed by atoms with van der Waals surface area (Å²) < 4.78 is 53.3. The molecule has 0 unspecified atom stereocenters. The van der Waals surface area contributed by atoms with Crippen LogP contribution in [-0.4, -0.2) is 50.0 Å². The fourth-order valence-electron chi connectivity index (χ4n) is 4.69. The summed E-state index contributed by atoms with van der Waals surface area (Å²) in [5, 5.41) is 3.08. The minimum Gasteiger partial charge on any atom is -0.352 e. The molecule has 1 aliphatic carbocycles. The molecule has 37 heavy (non-hydrogen) atoms. The summed E-state index contributed by atoms with van der Waals surface area (Å²) in [4.78, 5) is 28.5. The van der Waals surface area contributed by atoms with Gasteiger partial charge in [-0.3, -0.25) is 13.9 Å². The fraction of sp³-hybridized carbons (Fsp3) is 0.481. The number of halogens is 2. The summed E-state index contributed by atoms with van der Waals surface area (Å²) in [5.74, 6) is -3.26. The highest BCUT2D eigenvalue weighted by molar-refractivity contribution is 7.92. The zero-order chi connectivity index (χ0) is 27.2. The van der Waals surface area contributed by atoms with E-state index < -0.39 is 40.2 Å². The van der Waals surface area contributed by atoms with Gasteiger partial charge in [0.1, 0.15) is 12.6 Å². The number of hydrogen-bond donors (Lipinski definition) is 1. The highest BCUT2D eigenvalue weighted by Gasteiger charge is 2.33. The van der Waals surface area contributed by atoms with E-state index in [0.29, 0.717) is 6.42 Å². The van der Waals surface area contributed by atoms with Crippen molar-refractivity contribution in [1.29, 1.82) is 0 Å². The molecule has 1 aliphatic rings. The largest absolute Gasteiger partial charge is 0.352 e. The molecule has 1 saturated carbocycles. The van der Waals surface area contributed by atoms with Crippen LogP contribution in [0, 0.1) is 18.6 Å². The van der Waals surface area contributed by atoms with E-state index in [-0.39, 0.29) is 24.2 Å². The maximum absolute atomic E-state index is 13.9. The molecule has 0 aliphatic heterocycles. The minimum absolute atomic E-state index is 0.0421. The number of sulfonamides is 1. The van der Waals surface area contributed by atoms with Crippen LogP contribution in [0.15, 0.2) is 42.5 Å². The monoisotopic (exact) mass is 535 g/mol. The van der Waals surface area contributed by atoms with Crippen LogP contribution in [0.1, 0.15) is 56.6 Å². The van der Waals surface area contributed by atoms with Gasteiger partial charge in [0.15, 0.2) is 11.6 Å². The number of hydrogen-bond acceptors (Lipinski definition) is 4. The maximum atomic E-state index is 13.9. The van der Waals surface area contributed by atoms with Crippen molar-refractivity contribution < 1.29 is 26.8 Å². The van der Waals surface area contributed by atoms with Crippen LogP contribution in [0.5, 0.6) is 0 Å². The van der Waals surface area contributed by atoms with Crippen LogP contribution >= 0.6 is 0 Å². The Kier molecular flexibility index (Phi) is 9.64. The lowest BCUT2D eigenvalue weighted by Crippen LogP contribution is -2.54. The average molecular weight is 536 g/mol. The van der Waals surface area contributed by atoms with Crippen LogP contribution in [-0.2, 0) is 26.2 Å². The molecule has 0 bridgehead atoms. The van der Waals surface area contributed by atoms with Crippen LogP contribution in [0.3, 0.4) is 0 Å². The topological polar surface area (TPSA) is 86.8 Å². The fourth-order valence-corrected chi connectivity index (χ4v) is 5.53. The molecule has 7 nitrogen and oxygen atoms in total. The van der Waals surface area contributed by atoms with E-state index in [1.165, 1.54) is 4.90 Å². The van der Waals surface area contributed by atoms with Gasteiger partial charge in [0.05, 0.1) is 11.9 Å². The Bertz CT molecular complexity index is 1220. The summed E-state index contributed by atoms with van der Waals surface area (Å²) in [5.41, 5.74) is 1.56. The molecule has 1 fully saturated rings. The smallest absolute Gasteiger partial charge is 0.244 e. The molecule has 3 rings (SSSR count). The molecule has 10 heteroatoms. The van der Waals surface area contributed by atoms with Gasteiger partial charge in [-0.1, -0.05) is 50.5 Å². The van der Waals surface area contributed by atoms with E-state index in [1.54, 1.807) is 6.92 Å². The van der Waals surface area contributed by atoms with Crippen molar-refractivity contribution >= 4 is 27.5 Å². The number of carbonyl (C=O) groups excluding carboxylic acids is 2. The maximum Gasteiger partial charge on any atom is 0.244 e. The van der Waals surface area contributed by atoms with Gasteiger partial charge in [-0.2, -0.15) is 0 Å². The number of amides is 2. The number of aryl methyl sites for hydroxylation is 1.